The first-order chi connectivity index (χ1) is 16.4. The Balaban J connectivity index is 1.33. The number of methoxy groups -OCH3 is 1. The Hall–Kier alpha value is -3.20. The lowest BCUT2D eigenvalue weighted by Crippen LogP contribution is -2.51. The third-order valence-electron chi connectivity index (χ3n) is 7.04. The standard InChI is InChI=1S/C25H27N3O5S/c1-33-22(30)20-17-9-3-2-4-10-18(17)34-21(20)26-19(29)14-28-23(31)25(27-24(28)32)12-11-15-7-5-6-8-16(15)13-25/h5-8H,2-4,9-14H2,1H3,(H,26,29)(H,27,32)/t25-/m1/s1. The van der Waals surface area contributed by atoms with Crippen LogP contribution >= 0.6 is 11.3 Å². The van der Waals surface area contributed by atoms with Gasteiger partial charge < -0.3 is 15.4 Å². The average molecular weight is 482 g/mol. The number of rotatable bonds is 4. The molecule has 1 atom stereocenters. The van der Waals surface area contributed by atoms with Gasteiger partial charge in [0.1, 0.15) is 17.1 Å². The molecular formula is C25H27N3O5S. The Labute approximate surface area is 201 Å². The summed E-state index contributed by atoms with van der Waals surface area (Å²) in [6.45, 7) is -0.406. The van der Waals surface area contributed by atoms with Crippen LogP contribution in [0.5, 0.6) is 0 Å². The van der Waals surface area contributed by atoms with Crippen LogP contribution < -0.4 is 10.6 Å². The fraction of sp³-hybridized carbons (Fsp3) is 0.440. The van der Waals surface area contributed by atoms with Crippen LogP contribution in [-0.4, -0.2) is 47.9 Å². The molecule has 1 saturated heterocycles. The van der Waals surface area contributed by atoms with E-state index in [9.17, 15) is 19.2 Å². The number of aryl methyl sites for hydroxylation is 2. The molecule has 0 unspecified atom stereocenters. The van der Waals surface area contributed by atoms with Gasteiger partial charge in [-0.2, -0.15) is 0 Å². The van der Waals surface area contributed by atoms with E-state index in [0.717, 1.165) is 53.0 Å². The molecule has 1 aromatic carbocycles. The van der Waals surface area contributed by atoms with E-state index in [4.69, 9.17) is 4.74 Å². The molecule has 2 N–H and O–H groups in total. The highest BCUT2D eigenvalue weighted by Gasteiger charge is 2.52. The number of hydrogen-bond acceptors (Lipinski definition) is 6. The van der Waals surface area contributed by atoms with Gasteiger partial charge in [-0.1, -0.05) is 30.7 Å². The molecule has 1 fully saturated rings. The summed E-state index contributed by atoms with van der Waals surface area (Å²) < 4.78 is 4.98. The van der Waals surface area contributed by atoms with Crippen LogP contribution in [0.1, 0.15) is 57.6 Å². The van der Waals surface area contributed by atoms with Gasteiger partial charge in [0, 0.05) is 11.3 Å². The van der Waals surface area contributed by atoms with Crippen molar-refractivity contribution in [3.8, 4) is 0 Å². The molecule has 3 aliphatic rings. The Kier molecular flexibility index (Phi) is 5.89. The van der Waals surface area contributed by atoms with Crippen molar-refractivity contribution >= 4 is 40.2 Å². The zero-order valence-electron chi connectivity index (χ0n) is 19.1. The number of nitrogens with one attached hydrogen (secondary N) is 2. The van der Waals surface area contributed by atoms with Gasteiger partial charge in [-0.25, -0.2) is 9.59 Å². The zero-order chi connectivity index (χ0) is 23.9. The summed E-state index contributed by atoms with van der Waals surface area (Å²) in [5.41, 5.74) is 2.55. The van der Waals surface area contributed by atoms with Crippen molar-refractivity contribution in [2.45, 2.75) is 56.9 Å². The molecule has 2 aromatic rings. The third-order valence-corrected chi connectivity index (χ3v) is 8.25. The molecule has 8 nitrogen and oxygen atoms in total. The highest BCUT2D eigenvalue weighted by atomic mass is 32.1. The number of hydrogen-bond donors (Lipinski definition) is 2. The number of urea groups is 1. The Morgan fingerprint density at radius 3 is 2.68 bits per heavy atom. The Morgan fingerprint density at radius 2 is 1.88 bits per heavy atom. The van der Waals surface area contributed by atoms with Gasteiger partial charge in [0.05, 0.1) is 12.7 Å². The van der Waals surface area contributed by atoms with Gasteiger partial charge in [-0.3, -0.25) is 14.5 Å². The summed E-state index contributed by atoms with van der Waals surface area (Å²) >= 11 is 1.38. The molecule has 1 aliphatic heterocycles. The summed E-state index contributed by atoms with van der Waals surface area (Å²) in [7, 11) is 1.32. The van der Waals surface area contributed by atoms with E-state index in [1.54, 1.807) is 0 Å². The molecule has 4 amide bonds. The molecule has 1 aromatic heterocycles. The molecule has 2 aliphatic carbocycles. The number of carbonyl (C=O) groups excluding carboxylic acids is 4. The van der Waals surface area contributed by atoms with Crippen LogP contribution in [0.4, 0.5) is 9.80 Å². The van der Waals surface area contributed by atoms with E-state index in [1.807, 2.05) is 24.3 Å². The first-order valence-electron chi connectivity index (χ1n) is 11.7. The average Bonchev–Trinajstić information content (AvgIpc) is 3.14. The number of anilines is 1. The fourth-order valence-corrected chi connectivity index (χ4v) is 6.60. The van der Waals surface area contributed by atoms with Crippen molar-refractivity contribution < 1.29 is 23.9 Å². The van der Waals surface area contributed by atoms with Crippen LogP contribution in [0.3, 0.4) is 0 Å². The van der Waals surface area contributed by atoms with E-state index < -0.39 is 30.0 Å². The minimum absolute atomic E-state index is 0.377. The number of thiophene rings is 1. The lowest BCUT2D eigenvalue weighted by atomic mass is 9.78. The normalized spacial score (nSPS) is 21.5. The first kappa shape index (κ1) is 22.6. The highest BCUT2D eigenvalue weighted by molar-refractivity contribution is 7.17. The zero-order valence-corrected chi connectivity index (χ0v) is 19.9. The number of esters is 1. The fourth-order valence-electron chi connectivity index (χ4n) is 5.30. The SMILES string of the molecule is COC(=O)c1c(NC(=O)CN2C(=O)N[C@@]3(CCc4ccccc4C3)C2=O)sc2c1CCCCC2. The third kappa shape index (κ3) is 3.87. The van der Waals surface area contributed by atoms with E-state index in [1.165, 1.54) is 24.0 Å². The van der Waals surface area contributed by atoms with Crippen molar-refractivity contribution in [3.63, 3.8) is 0 Å². The van der Waals surface area contributed by atoms with Gasteiger partial charge >= 0.3 is 12.0 Å². The molecule has 1 spiro atoms. The first-order valence-corrected chi connectivity index (χ1v) is 12.5. The van der Waals surface area contributed by atoms with Gasteiger partial charge in [0.25, 0.3) is 5.91 Å². The molecule has 0 radical (unpaired) electrons. The van der Waals surface area contributed by atoms with Crippen LogP contribution in [0.2, 0.25) is 0 Å². The molecule has 0 saturated carbocycles. The van der Waals surface area contributed by atoms with Crippen LogP contribution in [0.25, 0.3) is 0 Å². The summed E-state index contributed by atoms with van der Waals surface area (Å²) in [6, 6.07) is 7.34. The van der Waals surface area contributed by atoms with Crippen LogP contribution in [-0.2, 0) is 40.0 Å². The second-order valence-corrected chi connectivity index (χ2v) is 10.3. The minimum atomic E-state index is -1.01. The summed E-state index contributed by atoms with van der Waals surface area (Å²) in [4.78, 5) is 53.6. The Morgan fingerprint density at radius 1 is 1.12 bits per heavy atom. The topological polar surface area (TPSA) is 105 Å². The van der Waals surface area contributed by atoms with Crippen molar-refractivity contribution in [2.75, 3.05) is 19.0 Å². The van der Waals surface area contributed by atoms with Gasteiger partial charge in [0.15, 0.2) is 0 Å². The van der Waals surface area contributed by atoms with Crippen molar-refractivity contribution in [3.05, 3.63) is 51.4 Å². The van der Waals surface area contributed by atoms with Crippen molar-refractivity contribution in [1.82, 2.24) is 10.2 Å². The smallest absolute Gasteiger partial charge is 0.341 e. The maximum absolute atomic E-state index is 13.3. The molecule has 0 bridgehead atoms. The second kappa shape index (κ2) is 8.87. The molecule has 5 rings (SSSR count). The minimum Gasteiger partial charge on any atom is -0.465 e. The largest absolute Gasteiger partial charge is 0.465 e. The molecule has 9 heteroatoms. The number of nitrogens with zero attached hydrogens (tertiary/aromatic N) is 1. The number of fused-ring (bicyclic) bond motifs is 2. The molecule has 2 heterocycles. The highest BCUT2D eigenvalue weighted by Crippen LogP contribution is 2.38. The summed E-state index contributed by atoms with van der Waals surface area (Å²) in [5.74, 6) is -1.37. The predicted octanol–water partition coefficient (Wildman–Crippen LogP) is 3.22. The molecule has 34 heavy (non-hydrogen) atoms. The maximum Gasteiger partial charge on any atom is 0.341 e. The maximum atomic E-state index is 13.3. The van der Waals surface area contributed by atoms with Crippen molar-refractivity contribution in [1.29, 1.82) is 0 Å². The molecule has 178 valence electrons. The number of ether oxygens (including phenoxy) is 1. The number of amides is 4. The lowest BCUT2D eigenvalue weighted by Gasteiger charge is -2.32. The van der Waals surface area contributed by atoms with E-state index in [0.29, 0.717) is 29.8 Å². The van der Waals surface area contributed by atoms with Crippen LogP contribution in [0, 0.1) is 0 Å². The summed E-state index contributed by atoms with van der Waals surface area (Å²) in [5, 5.41) is 6.06. The monoisotopic (exact) mass is 481 g/mol. The lowest BCUT2D eigenvalue weighted by molar-refractivity contribution is -0.134. The van der Waals surface area contributed by atoms with Gasteiger partial charge in [0.2, 0.25) is 5.91 Å². The van der Waals surface area contributed by atoms with E-state index in [2.05, 4.69) is 10.6 Å². The predicted molar refractivity (Wildman–Crippen MR) is 127 cm³/mol. The van der Waals surface area contributed by atoms with Gasteiger partial charge in [-0.05, 0) is 55.2 Å². The molecular weight excluding hydrogens is 454 g/mol. The van der Waals surface area contributed by atoms with Crippen LogP contribution in [0.15, 0.2) is 24.3 Å². The number of imide groups is 1. The summed E-state index contributed by atoms with van der Waals surface area (Å²) in [6.07, 6.45) is 6.34. The van der Waals surface area contributed by atoms with E-state index >= 15 is 0 Å². The van der Waals surface area contributed by atoms with Crippen molar-refractivity contribution in [2.24, 2.45) is 0 Å². The Bertz CT molecular complexity index is 1190. The number of carbonyl (C=O) groups is 4. The van der Waals surface area contributed by atoms with Gasteiger partial charge in [-0.15, -0.1) is 11.3 Å². The second-order valence-electron chi connectivity index (χ2n) is 9.16. The quantitative estimate of drug-likeness (QED) is 0.396. The van der Waals surface area contributed by atoms with E-state index in [-0.39, 0.29) is 5.91 Å². The number of benzene rings is 1.